The molecule has 1 aromatic carbocycles. The number of aromatic nitrogens is 6. The van der Waals surface area contributed by atoms with Crippen LogP contribution in [0.5, 0.6) is 5.75 Å². The molecule has 0 amide bonds. The van der Waals surface area contributed by atoms with Crippen molar-refractivity contribution in [1.82, 2.24) is 29.8 Å². The zero-order chi connectivity index (χ0) is 22.7. The molecule has 1 saturated carbocycles. The first kappa shape index (κ1) is 19.9. The number of nitrogens with zero attached hydrogens (tertiary/aromatic N) is 6. The Bertz CT molecular complexity index is 1370. The Morgan fingerprint density at radius 2 is 2.00 bits per heavy atom. The minimum atomic E-state index is -0.486. The molecule has 3 aromatic heterocycles. The highest BCUT2D eigenvalue weighted by Crippen LogP contribution is 2.40. The van der Waals surface area contributed by atoms with E-state index in [0.717, 1.165) is 40.9 Å². The minimum Gasteiger partial charge on any atom is -0.482 e. The first-order valence-electron chi connectivity index (χ1n) is 11.2. The normalized spacial score (nSPS) is 17.6. The first-order valence-corrected chi connectivity index (χ1v) is 11.2. The van der Waals surface area contributed by atoms with Crippen molar-refractivity contribution in [3.63, 3.8) is 0 Å². The number of aryl methyl sites for hydroxylation is 1. The Morgan fingerprint density at radius 3 is 2.79 bits per heavy atom. The summed E-state index contributed by atoms with van der Waals surface area (Å²) in [6.45, 7) is 1.87. The van der Waals surface area contributed by atoms with Crippen molar-refractivity contribution in [2.45, 2.75) is 44.8 Å². The van der Waals surface area contributed by atoms with Crippen LogP contribution in [0.4, 0.5) is 10.2 Å². The van der Waals surface area contributed by atoms with Crippen LogP contribution in [0.15, 0.2) is 36.7 Å². The lowest BCUT2D eigenvalue weighted by Gasteiger charge is -2.28. The lowest BCUT2D eigenvalue weighted by Crippen LogP contribution is -2.19. The number of anilines is 1. The van der Waals surface area contributed by atoms with E-state index < -0.39 is 6.10 Å². The minimum absolute atomic E-state index is 0.289. The fraction of sp³-hybridized carbons (Fsp3) is 0.333. The number of nitrogens with two attached hydrogens (primary N) is 1. The maximum atomic E-state index is 14.3. The van der Waals surface area contributed by atoms with E-state index in [0.29, 0.717) is 29.5 Å². The number of halogens is 1. The summed E-state index contributed by atoms with van der Waals surface area (Å²) in [7, 11) is 1.79. The topological polar surface area (TPSA) is 96.7 Å². The molecule has 2 bridgehead atoms. The van der Waals surface area contributed by atoms with E-state index >= 15 is 0 Å². The predicted molar refractivity (Wildman–Crippen MR) is 121 cm³/mol. The van der Waals surface area contributed by atoms with E-state index in [9.17, 15) is 4.39 Å². The van der Waals surface area contributed by atoms with Gasteiger partial charge in [-0.15, -0.1) is 0 Å². The van der Waals surface area contributed by atoms with Crippen molar-refractivity contribution < 1.29 is 9.13 Å². The second-order valence-electron chi connectivity index (χ2n) is 8.81. The lowest BCUT2D eigenvalue weighted by atomic mass is 9.92. The van der Waals surface area contributed by atoms with Crippen molar-refractivity contribution >= 4 is 5.82 Å². The molecule has 8 nitrogen and oxygen atoms in total. The quantitative estimate of drug-likeness (QED) is 0.471. The summed E-state index contributed by atoms with van der Waals surface area (Å²) < 4.78 is 22.6. The maximum absolute atomic E-state index is 14.3. The smallest absolute Gasteiger partial charge is 0.166 e. The second kappa shape index (κ2) is 7.40. The first-order chi connectivity index (χ1) is 16.0. The molecule has 0 spiro atoms. The summed E-state index contributed by atoms with van der Waals surface area (Å²) in [5.41, 5.74) is 12.1. The highest BCUT2D eigenvalue weighted by molar-refractivity contribution is 5.71. The van der Waals surface area contributed by atoms with Gasteiger partial charge >= 0.3 is 0 Å². The average Bonchev–Trinajstić information content (AvgIpc) is 3.31. The Morgan fingerprint density at radius 1 is 1.15 bits per heavy atom. The molecule has 168 valence electrons. The number of pyridine rings is 1. The highest BCUT2D eigenvalue weighted by atomic mass is 19.1. The molecule has 2 N–H and O–H groups in total. The molecule has 1 fully saturated rings. The lowest BCUT2D eigenvalue weighted by molar-refractivity contribution is 0.227. The third-order valence-electron chi connectivity index (χ3n) is 6.60. The zero-order valence-electron chi connectivity index (χ0n) is 18.5. The zero-order valence-corrected chi connectivity index (χ0v) is 18.5. The average molecular weight is 446 g/mol. The van der Waals surface area contributed by atoms with Crippen molar-refractivity contribution in [2.75, 3.05) is 5.73 Å². The molecule has 1 unspecified atom stereocenters. The van der Waals surface area contributed by atoms with Gasteiger partial charge in [0.15, 0.2) is 11.6 Å². The molecule has 1 atom stereocenters. The van der Waals surface area contributed by atoms with Gasteiger partial charge in [0.2, 0.25) is 0 Å². The van der Waals surface area contributed by atoms with Gasteiger partial charge in [0.1, 0.15) is 17.6 Å². The van der Waals surface area contributed by atoms with Crippen molar-refractivity contribution in [1.29, 1.82) is 0 Å². The molecule has 0 radical (unpaired) electrons. The van der Waals surface area contributed by atoms with Gasteiger partial charge in [0, 0.05) is 41.9 Å². The van der Waals surface area contributed by atoms with Crippen molar-refractivity contribution in [2.24, 2.45) is 7.05 Å². The molecular weight excluding hydrogens is 421 g/mol. The van der Waals surface area contributed by atoms with Crippen LogP contribution < -0.4 is 10.5 Å². The summed E-state index contributed by atoms with van der Waals surface area (Å²) in [5, 5.41) is 14.0. The van der Waals surface area contributed by atoms with Gasteiger partial charge in [0.05, 0.1) is 23.6 Å². The third kappa shape index (κ3) is 3.26. The molecule has 4 heterocycles. The van der Waals surface area contributed by atoms with E-state index in [-0.39, 0.29) is 11.6 Å². The van der Waals surface area contributed by atoms with Crippen LogP contribution in [-0.4, -0.2) is 29.8 Å². The van der Waals surface area contributed by atoms with Gasteiger partial charge in [-0.1, -0.05) is 0 Å². The number of hydrogen-bond donors (Lipinski definition) is 1. The Kier molecular flexibility index (Phi) is 4.46. The number of ether oxygens (including phenoxy) is 1. The summed E-state index contributed by atoms with van der Waals surface area (Å²) in [6, 6.07) is 6.93. The SMILES string of the molecule is CC1Oc2cc(cnc2N)-c2c(cnn2C2CCC2)Cc2nn(C)nc2-c2ccc(F)cc21. The predicted octanol–water partition coefficient (Wildman–Crippen LogP) is 4.23. The van der Waals surface area contributed by atoms with Crippen molar-refractivity contribution in [3.05, 3.63) is 59.3 Å². The Balaban J connectivity index is 1.62. The molecule has 4 aromatic rings. The van der Waals surface area contributed by atoms with E-state index in [1.54, 1.807) is 24.1 Å². The van der Waals surface area contributed by atoms with Gasteiger partial charge in [-0.05, 0) is 50.5 Å². The van der Waals surface area contributed by atoms with E-state index in [1.165, 1.54) is 18.6 Å². The molecule has 33 heavy (non-hydrogen) atoms. The molecule has 2 aliphatic rings. The molecule has 9 heteroatoms. The number of hydrogen-bond acceptors (Lipinski definition) is 6. The standard InChI is InChI=1S/C24H24FN7O/c1-13-19-10-16(25)6-7-18(19)22-20(29-31(2)30-22)8-14-12-28-32(17-4-3-5-17)23(14)15-9-21(33-13)24(26)27-11-15/h6-7,9-13,17H,3-5,8H2,1-2H3,(H2,26,27). The monoisotopic (exact) mass is 445 g/mol. The largest absolute Gasteiger partial charge is 0.482 e. The highest BCUT2D eigenvalue weighted by Gasteiger charge is 2.28. The summed E-state index contributed by atoms with van der Waals surface area (Å²) in [5.74, 6) is 0.408. The van der Waals surface area contributed by atoms with Gasteiger partial charge < -0.3 is 10.5 Å². The fourth-order valence-corrected chi connectivity index (χ4v) is 4.73. The summed E-state index contributed by atoms with van der Waals surface area (Å²) in [6.07, 6.45) is 7.13. The fourth-order valence-electron chi connectivity index (χ4n) is 4.73. The van der Waals surface area contributed by atoms with E-state index in [1.807, 2.05) is 19.2 Å². The molecular formula is C24H24FN7O. The van der Waals surface area contributed by atoms with Gasteiger partial charge in [-0.3, -0.25) is 4.68 Å². The summed E-state index contributed by atoms with van der Waals surface area (Å²) >= 11 is 0. The number of benzene rings is 1. The van der Waals surface area contributed by atoms with Crippen LogP contribution in [0.3, 0.4) is 0 Å². The van der Waals surface area contributed by atoms with Crippen LogP contribution in [0, 0.1) is 5.82 Å². The third-order valence-corrected chi connectivity index (χ3v) is 6.60. The van der Waals surface area contributed by atoms with Gasteiger partial charge in [0.25, 0.3) is 0 Å². The number of nitrogen functional groups attached to an aromatic ring is 1. The van der Waals surface area contributed by atoms with E-state index in [4.69, 9.17) is 15.6 Å². The van der Waals surface area contributed by atoms with Crippen LogP contribution in [0.1, 0.15) is 55.2 Å². The molecule has 1 aliphatic carbocycles. The van der Waals surface area contributed by atoms with Crippen LogP contribution in [0.2, 0.25) is 0 Å². The Labute approximate surface area is 190 Å². The molecule has 1 aliphatic heterocycles. The van der Waals surface area contributed by atoms with E-state index in [2.05, 4.69) is 19.9 Å². The molecule has 0 saturated heterocycles. The van der Waals surface area contributed by atoms with Crippen LogP contribution in [0.25, 0.3) is 22.5 Å². The second-order valence-corrected chi connectivity index (χ2v) is 8.81. The summed E-state index contributed by atoms with van der Waals surface area (Å²) in [4.78, 5) is 5.97. The number of fused-ring (bicyclic) bond motifs is 7. The van der Waals surface area contributed by atoms with Crippen molar-refractivity contribution in [3.8, 4) is 28.3 Å². The Hall–Kier alpha value is -3.75. The number of rotatable bonds is 1. The van der Waals surface area contributed by atoms with Gasteiger partial charge in [-0.25, -0.2) is 9.37 Å². The molecule has 6 rings (SSSR count). The van der Waals surface area contributed by atoms with Crippen LogP contribution >= 0.6 is 0 Å². The van der Waals surface area contributed by atoms with Crippen LogP contribution in [-0.2, 0) is 13.5 Å². The van der Waals surface area contributed by atoms with Gasteiger partial charge in [-0.2, -0.15) is 20.1 Å². The maximum Gasteiger partial charge on any atom is 0.166 e.